The molecule has 0 saturated carbocycles. The first kappa shape index (κ1) is 15.9. The molecule has 0 aliphatic heterocycles. The molecule has 0 bridgehead atoms. The maximum absolute atomic E-state index is 11.5. The Morgan fingerprint density at radius 3 is 1.92 bits per heavy atom. The summed E-state index contributed by atoms with van der Waals surface area (Å²) in [5.74, 6) is -2.24. The number of fused-ring (bicyclic) bond motifs is 3. The SMILES string of the molecule is O=[N+]([O-])c1c(O)c(O)c2ccc3cccc([N+](=O)[O-])c3c2c1[N+](=O)[O-]. The number of benzene rings is 3. The maximum atomic E-state index is 11.5. The fraction of sp³-hybridized carbons (Fsp3) is 0. The number of non-ortho nitro benzene ring substituents is 1. The predicted molar refractivity (Wildman–Crippen MR) is 84.7 cm³/mol. The molecule has 2 N–H and O–H groups in total. The number of nitrogens with zero attached hydrogens (tertiary/aromatic N) is 3. The second-order valence-corrected chi connectivity index (χ2v) is 5.03. The zero-order valence-electron chi connectivity index (χ0n) is 12.1. The summed E-state index contributed by atoms with van der Waals surface area (Å²) in [6, 6.07) is 6.40. The molecule has 0 amide bonds. The summed E-state index contributed by atoms with van der Waals surface area (Å²) >= 11 is 0. The van der Waals surface area contributed by atoms with Crippen molar-refractivity contribution in [3.63, 3.8) is 0 Å². The Morgan fingerprint density at radius 2 is 1.36 bits per heavy atom. The minimum atomic E-state index is -1.33. The summed E-state index contributed by atoms with van der Waals surface area (Å²) in [4.78, 5) is 30.8. The number of phenolic OH excluding ortho intramolecular Hbond substituents is 2. The van der Waals surface area contributed by atoms with Crippen LogP contribution in [0.4, 0.5) is 17.1 Å². The molecule has 126 valence electrons. The van der Waals surface area contributed by atoms with Gasteiger partial charge in [0, 0.05) is 11.5 Å². The Hall–Kier alpha value is -4.02. The number of nitro benzene ring substituents is 3. The van der Waals surface area contributed by atoms with E-state index in [0.29, 0.717) is 0 Å². The molecule has 0 atom stereocenters. The van der Waals surface area contributed by atoms with Gasteiger partial charge in [0.25, 0.3) is 5.69 Å². The summed E-state index contributed by atoms with van der Waals surface area (Å²) in [5.41, 5.74) is -2.98. The topological polar surface area (TPSA) is 170 Å². The van der Waals surface area contributed by atoms with Crippen molar-refractivity contribution >= 4 is 38.6 Å². The third kappa shape index (κ3) is 2.14. The molecule has 0 spiro atoms. The van der Waals surface area contributed by atoms with E-state index in [-0.39, 0.29) is 16.2 Å². The van der Waals surface area contributed by atoms with E-state index >= 15 is 0 Å². The molecule has 0 heterocycles. The maximum Gasteiger partial charge on any atom is 0.391 e. The molecule has 11 heteroatoms. The van der Waals surface area contributed by atoms with E-state index in [1.807, 2.05) is 0 Å². The molecule has 25 heavy (non-hydrogen) atoms. The van der Waals surface area contributed by atoms with Gasteiger partial charge in [0.05, 0.1) is 25.5 Å². The summed E-state index contributed by atoms with van der Waals surface area (Å²) in [6.07, 6.45) is 0. The zero-order chi connectivity index (χ0) is 18.5. The van der Waals surface area contributed by atoms with Crippen LogP contribution in [0.5, 0.6) is 11.5 Å². The third-order valence-electron chi connectivity index (χ3n) is 3.75. The zero-order valence-corrected chi connectivity index (χ0v) is 12.1. The fourth-order valence-corrected chi connectivity index (χ4v) is 2.78. The van der Waals surface area contributed by atoms with Crippen LogP contribution in [0, 0.1) is 30.3 Å². The van der Waals surface area contributed by atoms with Gasteiger partial charge in [-0.2, -0.15) is 0 Å². The Morgan fingerprint density at radius 1 is 0.720 bits per heavy atom. The fourth-order valence-electron chi connectivity index (χ4n) is 2.78. The van der Waals surface area contributed by atoms with Crippen molar-refractivity contribution in [2.24, 2.45) is 0 Å². The van der Waals surface area contributed by atoms with Crippen LogP contribution in [0.15, 0.2) is 30.3 Å². The molecule has 3 rings (SSSR count). The first-order chi connectivity index (χ1) is 11.8. The number of rotatable bonds is 3. The van der Waals surface area contributed by atoms with Gasteiger partial charge in [-0.3, -0.25) is 30.3 Å². The Balaban J connectivity index is 2.77. The predicted octanol–water partition coefficient (Wildman–Crippen LogP) is 3.13. The average molecular weight is 345 g/mol. The van der Waals surface area contributed by atoms with Crippen LogP contribution in [0.3, 0.4) is 0 Å². The Bertz CT molecular complexity index is 1110. The van der Waals surface area contributed by atoms with Crippen molar-refractivity contribution in [2.75, 3.05) is 0 Å². The van der Waals surface area contributed by atoms with E-state index in [9.17, 15) is 40.6 Å². The molecule has 0 unspecified atom stereocenters. The van der Waals surface area contributed by atoms with Gasteiger partial charge in [-0.05, 0) is 11.5 Å². The van der Waals surface area contributed by atoms with Crippen LogP contribution in [0.1, 0.15) is 0 Å². The molecule has 0 fully saturated rings. The molecule has 3 aromatic rings. The molecule has 11 nitrogen and oxygen atoms in total. The van der Waals surface area contributed by atoms with Crippen LogP contribution < -0.4 is 0 Å². The highest BCUT2D eigenvalue weighted by Crippen LogP contribution is 2.51. The lowest BCUT2D eigenvalue weighted by molar-refractivity contribution is -0.421. The van der Waals surface area contributed by atoms with Gasteiger partial charge in [-0.15, -0.1) is 0 Å². The summed E-state index contributed by atoms with van der Waals surface area (Å²) in [5, 5.41) is 53.0. The van der Waals surface area contributed by atoms with Crippen molar-refractivity contribution in [3.05, 3.63) is 60.7 Å². The number of phenols is 2. The largest absolute Gasteiger partial charge is 0.504 e. The van der Waals surface area contributed by atoms with E-state index in [0.717, 1.165) is 6.07 Å². The van der Waals surface area contributed by atoms with Crippen LogP contribution in [-0.2, 0) is 0 Å². The lowest BCUT2D eigenvalue weighted by atomic mass is 9.97. The van der Waals surface area contributed by atoms with Gasteiger partial charge in [0.1, 0.15) is 0 Å². The monoisotopic (exact) mass is 345 g/mol. The second kappa shape index (κ2) is 5.26. The smallest absolute Gasteiger partial charge is 0.391 e. The Kier molecular flexibility index (Phi) is 3.34. The minimum Gasteiger partial charge on any atom is -0.504 e. The van der Waals surface area contributed by atoms with Gasteiger partial charge < -0.3 is 10.2 Å². The van der Waals surface area contributed by atoms with E-state index < -0.39 is 48.7 Å². The summed E-state index contributed by atoms with van der Waals surface area (Å²) < 4.78 is 0. The highest BCUT2D eigenvalue weighted by molar-refractivity contribution is 6.19. The molecular weight excluding hydrogens is 338 g/mol. The van der Waals surface area contributed by atoms with Crippen molar-refractivity contribution in [2.45, 2.75) is 0 Å². The van der Waals surface area contributed by atoms with Crippen LogP contribution in [0.25, 0.3) is 21.5 Å². The molecule has 0 aliphatic carbocycles. The van der Waals surface area contributed by atoms with Crippen molar-refractivity contribution in [1.82, 2.24) is 0 Å². The molecule has 0 radical (unpaired) electrons. The standard InChI is InChI=1S/C14H7N3O8/c18-13-7-5-4-6-2-1-3-8(15(20)21)9(6)10(7)11(16(22)23)12(14(13)19)17(24)25/h1-5,18-19H. The van der Waals surface area contributed by atoms with Crippen LogP contribution in [0.2, 0.25) is 0 Å². The van der Waals surface area contributed by atoms with Crippen LogP contribution in [-0.4, -0.2) is 25.0 Å². The van der Waals surface area contributed by atoms with Gasteiger partial charge in [0.15, 0.2) is 5.75 Å². The van der Waals surface area contributed by atoms with E-state index in [2.05, 4.69) is 0 Å². The lowest BCUT2D eigenvalue weighted by Gasteiger charge is -2.09. The second-order valence-electron chi connectivity index (χ2n) is 5.03. The van der Waals surface area contributed by atoms with Crippen LogP contribution >= 0.6 is 0 Å². The van der Waals surface area contributed by atoms with Gasteiger partial charge in [-0.1, -0.05) is 18.2 Å². The third-order valence-corrected chi connectivity index (χ3v) is 3.75. The number of hydrogen-bond donors (Lipinski definition) is 2. The highest BCUT2D eigenvalue weighted by Gasteiger charge is 2.37. The average Bonchev–Trinajstić information content (AvgIpc) is 2.55. The molecule has 3 aromatic carbocycles. The van der Waals surface area contributed by atoms with E-state index in [4.69, 9.17) is 0 Å². The molecular formula is C14H7N3O8. The highest BCUT2D eigenvalue weighted by atomic mass is 16.6. The number of hydrogen-bond acceptors (Lipinski definition) is 8. The molecule has 0 aliphatic rings. The van der Waals surface area contributed by atoms with Gasteiger partial charge in [0.2, 0.25) is 5.75 Å². The number of aromatic hydroxyl groups is 2. The summed E-state index contributed by atoms with van der Waals surface area (Å²) in [7, 11) is 0. The van der Waals surface area contributed by atoms with Crippen molar-refractivity contribution < 1.29 is 25.0 Å². The van der Waals surface area contributed by atoms with Gasteiger partial charge in [-0.25, -0.2) is 0 Å². The quantitative estimate of drug-likeness (QED) is 0.315. The minimum absolute atomic E-state index is 0.212. The van der Waals surface area contributed by atoms with E-state index in [1.54, 1.807) is 0 Å². The van der Waals surface area contributed by atoms with Gasteiger partial charge >= 0.3 is 11.4 Å². The summed E-state index contributed by atoms with van der Waals surface area (Å²) in [6.45, 7) is 0. The number of nitro groups is 3. The van der Waals surface area contributed by atoms with Crippen molar-refractivity contribution in [1.29, 1.82) is 0 Å². The van der Waals surface area contributed by atoms with E-state index in [1.165, 1.54) is 24.3 Å². The Labute approximate surface area is 136 Å². The molecule has 0 aromatic heterocycles. The lowest BCUT2D eigenvalue weighted by Crippen LogP contribution is -2.00. The normalized spacial score (nSPS) is 10.9. The molecule has 0 saturated heterocycles. The van der Waals surface area contributed by atoms with Crippen molar-refractivity contribution in [3.8, 4) is 11.5 Å². The first-order valence-electron chi connectivity index (χ1n) is 6.62. The first-order valence-corrected chi connectivity index (χ1v) is 6.62.